The summed E-state index contributed by atoms with van der Waals surface area (Å²) in [5.74, 6) is 0.829. The van der Waals surface area contributed by atoms with Gasteiger partial charge in [0.25, 0.3) is 0 Å². The molecule has 4 heterocycles. The van der Waals surface area contributed by atoms with Gasteiger partial charge in [-0.2, -0.15) is 10.2 Å². The van der Waals surface area contributed by atoms with Crippen molar-refractivity contribution in [3.63, 3.8) is 0 Å². The summed E-state index contributed by atoms with van der Waals surface area (Å²) in [6.45, 7) is 6.07. The Morgan fingerprint density at radius 1 is 1.00 bits per heavy atom. The summed E-state index contributed by atoms with van der Waals surface area (Å²) in [5, 5.41) is 19.3. The first-order valence-corrected chi connectivity index (χ1v) is 9.86. The number of rotatable bonds is 5. The summed E-state index contributed by atoms with van der Waals surface area (Å²) in [4.78, 5) is 7.44. The highest BCUT2D eigenvalue weighted by molar-refractivity contribution is 6.05. The smallest absolute Gasteiger partial charge is 0.124 e. The molecular formula is C22H25N5O2. The average molecular weight is 391 g/mol. The van der Waals surface area contributed by atoms with E-state index in [-0.39, 0.29) is 11.2 Å². The number of benzene rings is 2. The van der Waals surface area contributed by atoms with Gasteiger partial charge in [-0.25, -0.2) is 0 Å². The van der Waals surface area contributed by atoms with Gasteiger partial charge >= 0.3 is 0 Å². The lowest BCUT2D eigenvalue weighted by Crippen LogP contribution is -2.74. The van der Waals surface area contributed by atoms with Crippen LogP contribution in [0.15, 0.2) is 58.7 Å². The monoisotopic (exact) mass is 391 g/mol. The summed E-state index contributed by atoms with van der Waals surface area (Å²) in [7, 11) is 1.60. The maximum atomic E-state index is 10.1. The third-order valence-electron chi connectivity index (χ3n) is 5.92. The Balaban J connectivity index is 1.52. The van der Waals surface area contributed by atoms with Crippen LogP contribution in [0.1, 0.15) is 11.1 Å². The first kappa shape index (κ1) is 18.3. The van der Waals surface area contributed by atoms with Gasteiger partial charge in [-0.1, -0.05) is 30.3 Å². The minimum absolute atomic E-state index is 0.0656. The van der Waals surface area contributed by atoms with E-state index in [1.54, 1.807) is 31.5 Å². The highest BCUT2D eigenvalue weighted by Gasteiger charge is 2.51. The predicted molar refractivity (Wildman–Crippen MR) is 112 cm³/mol. The maximum Gasteiger partial charge on any atom is 0.124 e. The topological polar surface area (TPSA) is 63.9 Å². The van der Waals surface area contributed by atoms with Crippen molar-refractivity contribution < 1.29 is 9.84 Å². The van der Waals surface area contributed by atoms with Gasteiger partial charge in [0, 0.05) is 25.2 Å². The zero-order valence-corrected chi connectivity index (χ0v) is 16.5. The van der Waals surface area contributed by atoms with Crippen LogP contribution in [0.5, 0.6) is 11.5 Å². The number of aromatic hydroxyl groups is 1. The third-order valence-corrected chi connectivity index (χ3v) is 5.92. The van der Waals surface area contributed by atoms with Crippen LogP contribution in [-0.2, 0) is 0 Å². The van der Waals surface area contributed by atoms with Gasteiger partial charge in [0.15, 0.2) is 0 Å². The molecule has 0 atom stereocenters. The largest absolute Gasteiger partial charge is 0.507 e. The lowest BCUT2D eigenvalue weighted by Gasteiger charge is -2.60. The second-order valence-corrected chi connectivity index (χ2v) is 8.18. The minimum atomic E-state index is -0.0656. The molecule has 150 valence electrons. The number of nitrogens with zero attached hydrogens (tertiary/aromatic N) is 5. The fourth-order valence-corrected chi connectivity index (χ4v) is 4.92. The first-order valence-electron chi connectivity index (χ1n) is 9.86. The molecule has 0 aliphatic carbocycles. The zero-order valence-electron chi connectivity index (χ0n) is 16.5. The Kier molecular flexibility index (Phi) is 4.58. The van der Waals surface area contributed by atoms with E-state index >= 15 is 0 Å². The number of methoxy groups -OCH3 is 1. The average Bonchev–Trinajstić information content (AvgIpc) is 2.72. The summed E-state index contributed by atoms with van der Waals surface area (Å²) >= 11 is 0. The quantitative estimate of drug-likeness (QED) is 0.624. The number of phenolic OH excluding ortho intramolecular Hbond substituents is 1. The fraction of sp³-hybridized carbons (Fsp3) is 0.364. The summed E-state index contributed by atoms with van der Waals surface area (Å²) in [6, 6.07) is 15.4. The molecule has 2 aromatic carbocycles. The predicted octanol–water partition coefficient (Wildman–Crippen LogP) is 2.03. The maximum absolute atomic E-state index is 10.1. The summed E-state index contributed by atoms with van der Waals surface area (Å²) in [5.41, 5.74) is 2.63. The van der Waals surface area contributed by atoms with E-state index in [9.17, 15) is 5.11 Å². The van der Waals surface area contributed by atoms with Crippen LogP contribution in [0.2, 0.25) is 0 Å². The standard InChI is InChI=1S/C22H25N5O2/c1-29-19-7-8-20(28)18(9-19)10-23-24-21(17-5-3-2-4-6-17)22-11-25-14-26(12-22)16-27(13-22)15-25/h2-10,28H,11-16H2,1H3. The normalized spacial score (nSPS) is 30.8. The van der Waals surface area contributed by atoms with E-state index in [0.29, 0.717) is 11.3 Å². The van der Waals surface area contributed by atoms with Crippen molar-refractivity contribution in [1.29, 1.82) is 0 Å². The van der Waals surface area contributed by atoms with Crippen LogP contribution in [0.4, 0.5) is 0 Å². The molecule has 0 aromatic heterocycles. The van der Waals surface area contributed by atoms with Gasteiger partial charge in [-0.05, 0) is 23.8 Å². The Bertz CT molecular complexity index is 922. The molecule has 0 radical (unpaired) electrons. The minimum Gasteiger partial charge on any atom is -0.507 e. The highest BCUT2D eigenvalue weighted by atomic mass is 16.5. The fourth-order valence-electron chi connectivity index (χ4n) is 4.92. The van der Waals surface area contributed by atoms with Crippen molar-refractivity contribution in [2.45, 2.75) is 0 Å². The molecule has 0 spiro atoms. The van der Waals surface area contributed by atoms with Crippen molar-refractivity contribution in [3.8, 4) is 11.5 Å². The summed E-state index contributed by atoms with van der Waals surface area (Å²) in [6.07, 6.45) is 1.60. The zero-order chi connectivity index (χ0) is 19.8. The van der Waals surface area contributed by atoms with Crippen molar-refractivity contribution in [1.82, 2.24) is 14.7 Å². The van der Waals surface area contributed by atoms with Crippen LogP contribution in [0, 0.1) is 5.41 Å². The van der Waals surface area contributed by atoms with E-state index in [0.717, 1.165) is 50.9 Å². The van der Waals surface area contributed by atoms with Crippen LogP contribution in [0.25, 0.3) is 0 Å². The molecule has 6 rings (SSSR count). The van der Waals surface area contributed by atoms with E-state index < -0.39 is 0 Å². The number of hydrogen-bond donors (Lipinski definition) is 1. The lowest BCUT2D eigenvalue weighted by atomic mass is 9.74. The summed E-state index contributed by atoms with van der Waals surface area (Å²) < 4.78 is 5.25. The molecule has 0 unspecified atom stereocenters. The van der Waals surface area contributed by atoms with Crippen LogP contribution in [0.3, 0.4) is 0 Å². The molecular weight excluding hydrogens is 366 g/mol. The van der Waals surface area contributed by atoms with Gasteiger partial charge < -0.3 is 9.84 Å². The second-order valence-electron chi connectivity index (χ2n) is 8.18. The Labute approximate surface area is 170 Å². The molecule has 4 aliphatic heterocycles. The lowest BCUT2D eigenvalue weighted by molar-refractivity contribution is -0.149. The van der Waals surface area contributed by atoms with Crippen LogP contribution in [-0.4, -0.2) is 78.5 Å². The van der Waals surface area contributed by atoms with Gasteiger partial charge in [0.2, 0.25) is 0 Å². The molecule has 7 heteroatoms. The molecule has 4 fully saturated rings. The van der Waals surface area contributed by atoms with Crippen molar-refractivity contribution in [2.75, 3.05) is 46.8 Å². The molecule has 4 saturated heterocycles. The van der Waals surface area contributed by atoms with Crippen molar-refractivity contribution >= 4 is 11.9 Å². The Hall–Kier alpha value is -2.74. The van der Waals surface area contributed by atoms with E-state index in [4.69, 9.17) is 9.84 Å². The Morgan fingerprint density at radius 3 is 2.28 bits per heavy atom. The molecule has 29 heavy (non-hydrogen) atoms. The number of phenols is 1. The van der Waals surface area contributed by atoms with Gasteiger partial charge in [-0.15, -0.1) is 0 Å². The van der Waals surface area contributed by atoms with Crippen LogP contribution >= 0.6 is 0 Å². The Morgan fingerprint density at radius 2 is 1.66 bits per heavy atom. The number of hydrogen-bond acceptors (Lipinski definition) is 7. The highest BCUT2D eigenvalue weighted by Crippen LogP contribution is 2.38. The van der Waals surface area contributed by atoms with E-state index in [1.807, 2.05) is 18.2 Å². The molecule has 0 saturated carbocycles. The third kappa shape index (κ3) is 3.42. The van der Waals surface area contributed by atoms with Gasteiger partial charge in [0.1, 0.15) is 11.5 Å². The van der Waals surface area contributed by atoms with Gasteiger partial charge in [-0.3, -0.25) is 14.7 Å². The van der Waals surface area contributed by atoms with Crippen molar-refractivity contribution in [3.05, 3.63) is 59.7 Å². The van der Waals surface area contributed by atoms with E-state index in [1.165, 1.54) is 0 Å². The molecule has 4 bridgehead atoms. The first-order chi connectivity index (χ1) is 14.1. The molecule has 7 nitrogen and oxygen atoms in total. The molecule has 0 amide bonds. The molecule has 2 aromatic rings. The molecule has 1 N–H and O–H groups in total. The van der Waals surface area contributed by atoms with Gasteiger partial charge in [0.05, 0.1) is 44.5 Å². The molecule has 4 aliphatic rings. The number of ether oxygens (including phenoxy) is 1. The SMILES string of the molecule is COc1ccc(O)c(C=NN=C(c2ccccc2)C23CN4CN(CN(C4)C2)C3)c1. The van der Waals surface area contributed by atoms with Crippen molar-refractivity contribution in [2.24, 2.45) is 15.6 Å². The van der Waals surface area contributed by atoms with Crippen LogP contribution < -0.4 is 4.74 Å². The second kappa shape index (κ2) is 7.26. The van der Waals surface area contributed by atoms with E-state index in [2.05, 4.69) is 31.9 Å².